The molecule has 1 amide bonds. The van der Waals surface area contributed by atoms with E-state index in [1.54, 1.807) is 23.8 Å². The van der Waals surface area contributed by atoms with Gasteiger partial charge in [-0.15, -0.1) is 11.8 Å². The molecule has 0 spiro atoms. The minimum atomic E-state index is -0.306. The number of carbonyl (C=O) groups excluding carboxylic acids is 1. The quantitative estimate of drug-likeness (QED) is 0.665. The number of fused-ring (bicyclic) bond motifs is 1. The van der Waals surface area contributed by atoms with Gasteiger partial charge in [0.1, 0.15) is 11.4 Å². The van der Waals surface area contributed by atoms with Crippen molar-refractivity contribution in [2.45, 2.75) is 18.3 Å². The minimum Gasteiger partial charge on any atom is -0.380 e. The second kappa shape index (κ2) is 3.56. The zero-order valence-corrected chi connectivity index (χ0v) is 9.13. The first-order chi connectivity index (χ1) is 6.66. The molecule has 1 saturated heterocycles. The van der Waals surface area contributed by atoms with Gasteiger partial charge in [0.05, 0.1) is 6.61 Å². The van der Waals surface area contributed by atoms with Gasteiger partial charge in [-0.25, -0.2) is 0 Å². The lowest BCUT2D eigenvalue weighted by atomic mass is 10.1. The average molecular weight is 214 g/mol. The fourth-order valence-electron chi connectivity index (χ4n) is 1.80. The molecule has 1 unspecified atom stereocenters. The van der Waals surface area contributed by atoms with Crippen LogP contribution in [0.2, 0.25) is 0 Å². The van der Waals surface area contributed by atoms with Crippen molar-refractivity contribution in [1.29, 1.82) is 0 Å². The maximum atomic E-state index is 11.5. The zero-order valence-electron chi connectivity index (χ0n) is 8.32. The van der Waals surface area contributed by atoms with Crippen LogP contribution in [0, 0.1) is 0 Å². The molecule has 2 rings (SSSR count). The van der Waals surface area contributed by atoms with Crippen molar-refractivity contribution >= 4 is 17.7 Å². The molecule has 4 nitrogen and oxygen atoms in total. The molecule has 2 heterocycles. The largest absolute Gasteiger partial charge is 0.380 e. The third-order valence-corrected chi connectivity index (χ3v) is 4.06. The Morgan fingerprint density at radius 2 is 2.43 bits per heavy atom. The predicted molar refractivity (Wildman–Crippen MR) is 55.6 cm³/mol. The number of nitrogens with zero attached hydrogens (tertiary/aromatic N) is 1. The molecule has 2 N–H and O–H groups in total. The first-order valence-corrected chi connectivity index (χ1v) is 5.59. The predicted octanol–water partition coefficient (Wildman–Crippen LogP) is 0.149. The van der Waals surface area contributed by atoms with Crippen molar-refractivity contribution in [3.8, 4) is 0 Å². The Morgan fingerprint density at radius 1 is 1.71 bits per heavy atom. The van der Waals surface area contributed by atoms with Gasteiger partial charge in [0, 0.05) is 18.6 Å². The number of hydrogen-bond acceptors (Lipinski definition) is 4. The van der Waals surface area contributed by atoms with Gasteiger partial charge in [0.25, 0.3) is 0 Å². The van der Waals surface area contributed by atoms with Crippen molar-refractivity contribution in [2.24, 2.45) is 5.73 Å². The molecule has 0 bridgehead atoms. The molecule has 5 heteroatoms. The number of hydrogen-bond donors (Lipinski definition) is 1. The van der Waals surface area contributed by atoms with Crippen LogP contribution in [-0.4, -0.2) is 41.7 Å². The Kier molecular flexibility index (Phi) is 2.55. The van der Waals surface area contributed by atoms with Crippen LogP contribution in [0.25, 0.3) is 0 Å². The van der Waals surface area contributed by atoms with E-state index < -0.39 is 0 Å². The molecular weight excluding hydrogens is 200 g/mol. The summed E-state index contributed by atoms with van der Waals surface area (Å²) in [5, 5.41) is 0.156. The van der Waals surface area contributed by atoms with Gasteiger partial charge >= 0.3 is 0 Å². The van der Waals surface area contributed by atoms with Gasteiger partial charge in [-0.1, -0.05) is 0 Å². The van der Waals surface area contributed by atoms with E-state index in [1.807, 2.05) is 6.92 Å². The Hall–Kier alpha value is -0.520. The Morgan fingerprint density at radius 3 is 3.07 bits per heavy atom. The summed E-state index contributed by atoms with van der Waals surface area (Å²) in [5.74, 6) is 0.954. The highest BCUT2D eigenvalue weighted by atomic mass is 32.2. The maximum absolute atomic E-state index is 11.5. The van der Waals surface area contributed by atoms with E-state index >= 15 is 0 Å². The first-order valence-electron chi connectivity index (χ1n) is 4.54. The third kappa shape index (κ3) is 1.27. The molecule has 0 aromatic rings. The molecule has 0 aromatic heterocycles. The second-order valence-corrected chi connectivity index (χ2v) is 4.66. The van der Waals surface area contributed by atoms with E-state index in [2.05, 4.69) is 0 Å². The van der Waals surface area contributed by atoms with E-state index in [-0.39, 0.29) is 17.3 Å². The highest BCUT2D eigenvalue weighted by Gasteiger charge is 2.48. The van der Waals surface area contributed by atoms with Gasteiger partial charge in [-0.05, 0) is 12.5 Å². The summed E-state index contributed by atoms with van der Waals surface area (Å²) in [6, 6.07) is -0.306. The summed E-state index contributed by atoms with van der Waals surface area (Å²) in [4.78, 5) is 13.3. The summed E-state index contributed by atoms with van der Waals surface area (Å²) in [5.41, 5.74) is 7.91. The van der Waals surface area contributed by atoms with Crippen molar-refractivity contribution in [3.05, 3.63) is 11.3 Å². The molecule has 0 aliphatic carbocycles. The number of nitrogens with two attached hydrogens (primary N) is 1. The number of thioether (sulfide) groups is 1. The molecule has 2 aliphatic heterocycles. The summed E-state index contributed by atoms with van der Waals surface area (Å²) >= 11 is 1.72. The van der Waals surface area contributed by atoms with Crippen LogP contribution >= 0.6 is 11.8 Å². The fraction of sp³-hybridized carbons (Fsp3) is 0.667. The van der Waals surface area contributed by atoms with Crippen LogP contribution in [0.15, 0.2) is 11.3 Å². The number of β-lactam (4-membered cyclic amide) rings is 1. The lowest BCUT2D eigenvalue weighted by Gasteiger charge is -2.48. The van der Waals surface area contributed by atoms with E-state index in [4.69, 9.17) is 10.5 Å². The van der Waals surface area contributed by atoms with Gasteiger partial charge in [-0.3, -0.25) is 4.79 Å². The van der Waals surface area contributed by atoms with Crippen LogP contribution in [0.4, 0.5) is 0 Å². The third-order valence-electron chi connectivity index (χ3n) is 2.70. The molecule has 0 saturated carbocycles. The van der Waals surface area contributed by atoms with E-state index in [0.717, 1.165) is 11.4 Å². The monoisotopic (exact) mass is 214 g/mol. The maximum Gasteiger partial charge on any atom is 0.247 e. The van der Waals surface area contributed by atoms with E-state index in [0.29, 0.717) is 6.61 Å². The van der Waals surface area contributed by atoms with Crippen molar-refractivity contribution in [2.75, 3.05) is 19.5 Å². The van der Waals surface area contributed by atoms with Crippen molar-refractivity contribution < 1.29 is 9.53 Å². The molecule has 0 radical (unpaired) electrons. The second-order valence-electron chi connectivity index (χ2n) is 3.56. The summed E-state index contributed by atoms with van der Waals surface area (Å²) in [7, 11) is 1.67. The zero-order chi connectivity index (χ0) is 10.3. The van der Waals surface area contributed by atoms with Gasteiger partial charge in [0.15, 0.2) is 0 Å². The lowest BCUT2D eigenvalue weighted by Crippen LogP contribution is -2.67. The van der Waals surface area contributed by atoms with E-state index in [1.165, 1.54) is 5.57 Å². The Bertz CT molecular complexity index is 303. The van der Waals surface area contributed by atoms with Gasteiger partial charge < -0.3 is 15.4 Å². The van der Waals surface area contributed by atoms with Crippen LogP contribution in [0.1, 0.15) is 6.92 Å². The van der Waals surface area contributed by atoms with Crippen molar-refractivity contribution in [1.82, 2.24) is 4.90 Å². The highest BCUT2D eigenvalue weighted by molar-refractivity contribution is 8.00. The summed E-state index contributed by atoms with van der Waals surface area (Å²) in [6.45, 7) is 2.56. The SMILES string of the molecule is COCC1=C(C)N2C(=O)C(N)[C@@H]2SC1. The average Bonchev–Trinajstić information content (AvgIpc) is 2.20. The number of carbonyl (C=O) groups is 1. The normalized spacial score (nSPS) is 31.6. The topological polar surface area (TPSA) is 55.6 Å². The molecule has 1 fully saturated rings. The Labute approximate surface area is 87.5 Å². The van der Waals surface area contributed by atoms with E-state index in [9.17, 15) is 4.79 Å². The molecule has 2 aliphatic rings. The molecule has 0 aromatic carbocycles. The fourth-order valence-corrected chi connectivity index (χ4v) is 3.20. The number of rotatable bonds is 2. The molecule has 2 atom stereocenters. The molecular formula is C9H14N2O2S. The van der Waals surface area contributed by atoms with Crippen LogP contribution in [-0.2, 0) is 9.53 Å². The summed E-state index contributed by atoms with van der Waals surface area (Å²) in [6.07, 6.45) is 0. The van der Waals surface area contributed by atoms with Crippen LogP contribution < -0.4 is 5.73 Å². The smallest absolute Gasteiger partial charge is 0.247 e. The van der Waals surface area contributed by atoms with Crippen LogP contribution in [0.3, 0.4) is 0 Å². The number of ether oxygens (including phenoxy) is 1. The van der Waals surface area contributed by atoms with Crippen molar-refractivity contribution in [3.63, 3.8) is 0 Å². The first kappa shape index (κ1) is 10.0. The number of allylic oxidation sites excluding steroid dienone is 1. The minimum absolute atomic E-state index is 0.0355. The molecule has 14 heavy (non-hydrogen) atoms. The van der Waals surface area contributed by atoms with Gasteiger partial charge in [-0.2, -0.15) is 0 Å². The molecule has 78 valence electrons. The highest BCUT2D eigenvalue weighted by Crippen LogP contribution is 2.38. The van der Waals surface area contributed by atoms with Crippen LogP contribution in [0.5, 0.6) is 0 Å². The Balaban J connectivity index is 2.19. The standard InChI is InChI=1S/C9H14N2O2S/c1-5-6(3-13-2)4-14-9-7(10)8(12)11(5)9/h7,9H,3-4,10H2,1-2H3/t7?,9-/m0/s1. The van der Waals surface area contributed by atoms with Gasteiger partial charge in [0.2, 0.25) is 5.91 Å². The lowest BCUT2D eigenvalue weighted by molar-refractivity contribution is -0.141. The number of amides is 1. The summed E-state index contributed by atoms with van der Waals surface area (Å²) < 4.78 is 5.08. The number of methoxy groups -OCH3 is 1.